The summed E-state index contributed by atoms with van der Waals surface area (Å²) in [6, 6.07) is 7.44. The second-order valence-electron chi connectivity index (χ2n) is 4.71. The number of nitrogens with zero attached hydrogens (tertiary/aromatic N) is 2. The zero-order valence-electron chi connectivity index (χ0n) is 11.1. The van der Waals surface area contributed by atoms with Gasteiger partial charge in [0.05, 0.1) is 12.7 Å². The van der Waals surface area contributed by atoms with Crippen LogP contribution in [0.15, 0.2) is 29.4 Å². The Hall–Kier alpha value is -1.82. The number of hydrogen-bond acceptors (Lipinski definition) is 5. The molecule has 1 aliphatic carbocycles. The molecule has 0 radical (unpaired) electrons. The van der Waals surface area contributed by atoms with Crippen molar-refractivity contribution in [3.63, 3.8) is 0 Å². The van der Waals surface area contributed by atoms with Gasteiger partial charge in [0.1, 0.15) is 5.82 Å². The number of nitrogens with one attached hydrogen (secondary N) is 1. The molecule has 104 valence electrons. The van der Waals surface area contributed by atoms with Gasteiger partial charge >= 0.3 is 5.97 Å². The molecule has 1 saturated carbocycles. The van der Waals surface area contributed by atoms with Crippen LogP contribution in [0.2, 0.25) is 0 Å². The molecule has 0 aliphatic heterocycles. The number of aromatic nitrogens is 3. The van der Waals surface area contributed by atoms with E-state index in [2.05, 4.69) is 15.2 Å². The van der Waals surface area contributed by atoms with Crippen LogP contribution in [0.3, 0.4) is 0 Å². The number of esters is 1. The summed E-state index contributed by atoms with van der Waals surface area (Å²) in [6.07, 6.45) is 2.40. The van der Waals surface area contributed by atoms with Gasteiger partial charge in [0.15, 0.2) is 0 Å². The molecule has 0 saturated heterocycles. The number of H-pyrrole nitrogens is 1. The number of aromatic amines is 1. The molecule has 0 amide bonds. The van der Waals surface area contributed by atoms with Crippen molar-refractivity contribution in [2.75, 3.05) is 7.11 Å². The van der Waals surface area contributed by atoms with Crippen molar-refractivity contribution in [2.45, 2.75) is 29.7 Å². The largest absolute Gasteiger partial charge is 0.465 e. The Labute approximate surface area is 121 Å². The lowest BCUT2D eigenvalue weighted by Gasteiger charge is -2.05. The Morgan fingerprint density at radius 1 is 1.45 bits per heavy atom. The summed E-state index contributed by atoms with van der Waals surface area (Å²) in [5.74, 6) is 1.88. The van der Waals surface area contributed by atoms with Crippen molar-refractivity contribution in [1.29, 1.82) is 0 Å². The molecular formula is C14H15N3O2S. The quantitative estimate of drug-likeness (QED) is 0.677. The summed E-state index contributed by atoms with van der Waals surface area (Å²) in [4.78, 5) is 16.1. The molecule has 0 spiro atoms. The zero-order valence-corrected chi connectivity index (χ0v) is 11.9. The van der Waals surface area contributed by atoms with Crippen LogP contribution in [-0.4, -0.2) is 28.3 Å². The summed E-state index contributed by atoms with van der Waals surface area (Å²) in [5, 5.41) is 7.91. The van der Waals surface area contributed by atoms with Crippen LogP contribution in [-0.2, 0) is 10.5 Å². The van der Waals surface area contributed by atoms with Crippen molar-refractivity contribution in [1.82, 2.24) is 15.2 Å². The topological polar surface area (TPSA) is 67.9 Å². The van der Waals surface area contributed by atoms with Gasteiger partial charge in [0, 0.05) is 11.7 Å². The number of carbonyl (C=O) groups is 1. The number of ether oxygens (including phenoxy) is 1. The molecule has 0 atom stereocenters. The lowest BCUT2D eigenvalue weighted by molar-refractivity contribution is 0.0600. The van der Waals surface area contributed by atoms with Gasteiger partial charge in [-0.1, -0.05) is 30.0 Å². The molecule has 1 aliphatic rings. The molecule has 1 aromatic heterocycles. The van der Waals surface area contributed by atoms with E-state index in [-0.39, 0.29) is 5.97 Å². The summed E-state index contributed by atoms with van der Waals surface area (Å²) in [5.41, 5.74) is 1.53. The van der Waals surface area contributed by atoms with Crippen LogP contribution < -0.4 is 0 Å². The normalized spacial score (nSPS) is 14.2. The minimum absolute atomic E-state index is 0.310. The van der Waals surface area contributed by atoms with E-state index in [4.69, 9.17) is 4.74 Å². The molecule has 1 aromatic carbocycles. The maximum absolute atomic E-state index is 11.7. The van der Waals surface area contributed by atoms with Crippen LogP contribution in [0.5, 0.6) is 0 Å². The number of carbonyl (C=O) groups excluding carboxylic acids is 1. The van der Waals surface area contributed by atoms with Crippen LogP contribution in [0.1, 0.15) is 40.5 Å². The van der Waals surface area contributed by atoms with E-state index in [1.165, 1.54) is 31.7 Å². The Morgan fingerprint density at radius 2 is 2.25 bits per heavy atom. The number of rotatable bonds is 5. The fourth-order valence-electron chi connectivity index (χ4n) is 1.96. The van der Waals surface area contributed by atoms with Gasteiger partial charge in [-0.2, -0.15) is 0 Å². The van der Waals surface area contributed by atoms with E-state index in [0.717, 1.165) is 16.5 Å². The van der Waals surface area contributed by atoms with Gasteiger partial charge < -0.3 is 4.74 Å². The predicted octanol–water partition coefficient (Wildman–Crippen LogP) is 2.76. The number of benzene rings is 1. The van der Waals surface area contributed by atoms with E-state index in [1.54, 1.807) is 6.07 Å². The molecular weight excluding hydrogens is 274 g/mol. The third-order valence-electron chi connectivity index (χ3n) is 3.23. The maximum atomic E-state index is 11.7. The molecule has 6 heteroatoms. The minimum atomic E-state index is -0.310. The monoisotopic (exact) mass is 289 g/mol. The highest BCUT2D eigenvalue weighted by Gasteiger charge is 2.27. The molecule has 3 rings (SSSR count). The highest BCUT2D eigenvalue weighted by atomic mass is 32.2. The third-order valence-corrected chi connectivity index (χ3v) is 4.12. The third kappa shape index (κ3) is 2.85. The van der Waals surface area contributed by atoms with E-state index in [1.807, 2.05) is 18.2 Å². The van der Waals surface area contributed by atoms with Crippen LogP contribution in [0.25, 0.3) is 0 Å². The molecule has 2 aromatic rings. The lowest BCUT2D eigenvalue weighted by atomic mass is 10.1. The molecule has 1 fully saturated rings. The molecule has 0 bridgehead atoms. The minimum Gasteiger partial charge on any atom is -0.465 e. The van der Waals surface area contributed by atoms with Crippen LogP contribution in [0.4, 0.5) is 0 Å². The highest BCUT2D eigenvalue weighted by molar-refractivity contribution is 7.98. The average Bonchev–Trinajstić information content (AvgIpc) is 3.24. The van der Waals surface area contributed by atoms with Crippen molar-refractivity contribution < 1.29 is 9.53 Å². The number of thioether (sulfide) groups is 1. The Bertz CT molecular complexity index is 622. The van der Waals surface area contributed by atoms with Gasteiger partial charge in [-0.25, -0.2) is 9.78 Å². The van der Waals surface area contributed by atoms with Crippen LogP contribution in [0, 0.1) is 0 Å². The van der Waals surface area contributed by atoms with E-state index < -0.39 is 0 Å². The number of methoxy groups -OCH3 is 1. The Morgan fingerprint density at radius 3 is 3.00 bits per heavy atom. The van der Waals surface area contributed by atoms with Gasteiger partial charge in [-0.15, -0.1) is 5.10 Å². The Balaban J connectivity index is 1.69. The van der Waals surface area contributed by atoms with Crippen LogP contribution >= 0.6 is 11.8 Å². The Kier molecular flexibility index (Phi) is 3.73. The predicted molar refractivity (Wildman–Crippen MR) is 75.7 cm³/mol. The second kappa shape index (κ2) is 5.66. The first-order valence-electron chi connectivity index (χ1n) is 6.49. The van der Waals surface area contributed by atoms with Gasteiger partial charge in [-0.05, 0) is 24.5 Å². The fourth-order valence-corrected chi connectivity index (χ4v) is 2.77. The SMILES string of the molecule is COC(=O)c1ccccc1CSc1n[nH]c(C2CC2)n1. The van der Waals surface area contributed by atoms with Gasteiger partial charge in [-0.3, -0.25) is 5.10 Å². The molecule has 1 N–H and O–H groups in total. The number of hydrogen-bond donors (Lipinski definition) is 1. The van der Waals surface area contributed by atoms with Crippen molar-refractivity contribution in [3.05, 3.63) is 41.2 Å². The summed E-state index contributed by atoms with van der Waals surface area (Å²) < 4.78 is 4.79. The first-order chi connectivity index (χ1) is 9.78. The lowest BCUT2D eigenvalue weighted by Crippen LogP contribution is -2.04. The van der Waals surface area contributed by atoms with E-state index in [9.17, 15) is 4.79 Å². The molecule has 20 heavy (non-hydrogen) atoms. The summed E-state index contributed by atoms with van der Waals surface area (Å²) in [6.45, 7) is 0. The highest BCUT2D eigenvalue weighted by Crippen LogP contribution is 2.38. The molecule has 5 nitrogen and oxygen atoms in total. The first kappa shape index (κ1) is 13.2. The average molecular weight is 289 g/mol. The van der Waals surface area contributed by atoms with Crippen molar-refractivity contribution in [2.24, 2.45) is 0 Å². The molecule has 0 unspecified atom stereocenters. The maximum Gasteiger partial charge on any atom is 0.338 e. The zero-order chi connectivity index (χ0) is 13.9. The fraction of sp³-hybridized carbons (Fsp3) is 0.357. The summed E-state index contributed by atoms with van der Waals surface area (Å²) >= 11 is 1.52. The van der Waals surface area contributed by atoms with Gasteiger partial charge in [0.2, 0.25) is 5.16 Å². The smallest absolute Gasteiger partial charge is 0.338 e. The molecule has 1 heterocycles. The summed E-state index contributed by atoms with van der Waals surface area (Å²) in [7, 11) is 1.39. The van der Waals surface area contributed by atoms with E-state index >= 15 is 0 Å². The first-order valence-corrected chi connectivity index (χ1v) is 7.48. The van der Waals surface area contributed by atoms with Gasteiger partial charge in [0.25, 0.3) is 0 Å². The van der Waals surface area contributed by atoms with Crippen molar-refractivity contribution >= 4 is 17.7 Å². The van der Waals surface area contributed by atoms with Crippen molar-refractivity contribution in [3.8, 4) is 0 Å². The second-order valence-corrected chi connectivity index (χ2v) is 5.66. The standard InChI is InChI=1S/C14H15N3O2S/c1-19-13(18)11-5-3-2-4-10(11)8-20-14-15-12(16-17-14)9-6-7-9/h2-5,9H,6-8H2,1H3,(H,15,16,17). The van der Waals surface area contributed by atoms with E-state index in [0.29, 0.717) is 17.2 Å².